The molecule has 4 heterocycles. The van der Waals surface area contributed by atoms with E-state index in [1.807, 2.05) is 37.6 Å². The molecule has 1 aliphatic heterocycles. The molecule has 8 nitrogen and oxygen atoms in total. The van der Waals surface area contributed by atoms with Gasteiger partial charge in [-0.3, -0.25) is 19.1 Å². The normalized spacial score (nSPS) is 14.6. The zero-order valence-corrected chi connectivity index (χ0v) is 24.4. The summed E-state index contributed by atoms with van der Waals surface area (Å²) in [5.41, 5.74) is 2.80. The molecule has 0 saturated heterocycles. The minimum absolute atomic E-state index is 0.0854. The van der Waals surface area contributed by atoms with Gasteiger partial charge >= 0.3 is 0 Å². The third kappa shape index (κ3) is 4.87. The highest BCUT2D eigenvalue weighted by Crippen LogP contribution is 2.34. The average molecular weight is 579 g/mol. The average Bonchev–Trinajstić information content (AvgIpc) is 3.30. The molecule has 1 N–H and O–H groups in total. The molecule has 1 atom stereocenters. The number of amides is 1. The van der Waals surface area contributed by atoms with E-state index in [4.69, 9.17) is 0 Å². The molecule has 0 unspecified atom stereocenters. The van der Waals surface area contributed by atoms with Crippen molar-refractivity contribution in [2.45, 2.75) is 26.3 Å². The van der Waals surface area contributed by atoms with E-state index >= 15 is 4.39 Å². The first-order valence-corrected chi connectivity index (χ1v) is 13.6. The van der Waals surface area contributed by atoms with E-state index in [0.717, 1.165) is 22.0 Å². The van der Waals surface area contributed by atoms with Crippen molar-refractivity contribution in [3.63, 3.8) is 0 Å². The largest absolute Gasteiger partial charge is 0.383 e. The van der Waals surface area contributed by atoms with Gasteiger partial charge in [0.25, 0.3) is 11.5 Å². The monoisotopic (exact) mass is 578 g/mol. The van der Waals surface area contributed by atoms with Gasteiger partial charge in [-0.05, 0) is 55.7 Å². The molecule has 11 heteroatoms. The van der Waals surface area contributed by atoms with Gasteiger partial charge in [0.15, 0.2) is 5.82 Å². The van der Waals surface area contributed by atoms with Crippen molar-refractivity contribution in [3.8, 4) is 5.69 Å². The third-order valence-electron chi connectivity index (χ3n) is 8.04. The van der Waals surface area contributed by atoms with E-state index in [2.05, 4.69) is 15.2 Å². The zero-order chi connectivity index (χ0) is 30.5. The predicted octanol–water partition coefficient (Wildman–Crippen LogP) is 5.04. The van der Waals surface area contributed by atoms with Crippen molar-refractivity contribution < 1.29 is 18.0 Å². The molecule has 0 bridgehead atoms. The minimum atomic E-state index is -1.20. The molecule has 0 aliphatic carbocycles. The standard InChI is InChI=1S/C31H33F3N6O2/c1-17-13-20(30(41)37(4)5)14-22(32)26(17)19-8-11-39(12-9-19)18(2)25-15-21-24(7-10-36-29(21)38(25)6)40-16-23(33)28(35-3)27(34)31(40)42/h7-8,10,13-16,18,35H,9,11-12H2,1-6H3/t18-/m0/s1. The minimum Gasteiger partial charge on any atom is -0.383 e. The quantitative estimate of drug-likeness (QED) is 0.347. The second kappa shape index (κ2) is 11.1. The number of aryl methyl sites for hydroxylation is 2. The number of carbonyl (C=O) groups excluding carboxylic acids is 1. The number of benzene rings is 1. The van der Waals surface area contributed by atoms with Crippen molar-refractivity contribution in [1.82, 2.24) is 23.9 Å². The first kappa shape index (κ1) is 29.1. The molecule has 0 radical (unpaired) electrons. The maximum atomic E-state index is 15.2. The highest BCUT2D eigenvalue weighted by molar-refractivity contribution is 5.94. The Hall–Kier alpha value is -4.38. The number of hydrogen-bond acceptors (Lipinski definition) is 5. The summed E-state index contributed by atoms with van der Waals surface area (Å²) in [4.78, 5) is 33.3. The number of pyridine rings is 2. The molecule has 0 fully saturated rings. The summed E-state index contributed by atoms with van der Waals surface area (Å²) < 4.78 is 47.3. The van der Waals surface area contributed by atoms with E-state index in [1.165, 1.54) is 24.2 Å². The van der Waals surface area contributed by atoms with Crippen LogP contribution in [-0.4, -0.2) is 64.1 Å². The smallest absolute Gasteiger partial charge is 0.293 e. The lowest BCUT2D eigenvalue weighted by molar-refractivity contribution is 0.0827. The molecule has 4 aromatic rings. The van der Waals surface area contributed by atoms with Crippen molar-refractivity contribution in [2.24, 2.45) is 7.05 Å². The summed E-state index contributed by atoms with van der Waals surface area (Å²) in [7, 11) is 6.48. The predicted molar refractivity (Wildman–Crippen MR) is 158 cm³/mol. The lowest BCUT2D eigenvalue weighted by Crippen LogP contribution is -2.32. The number of aromatic nitrogens is 3. The SMILES string of the molecule is CNc1c(F)cn(-c2ccnc3c2cc([C@H](C)N2CC=C(c4c(C)cc(C(=O)N(C)C)cc4F)CC2)n3C)c(=O)c1F. The molecule has 3 aromatic heterocycles. The van der Waals surface area contributed by atoms with E-state index in [1.54, 1.807) is 26.2 Å². The second-order valence-corrected chi connectivity index (χ2v) is 10.8. The van der Waals surface area contributed by atoms with Crippen LogP contribution >= 0.6 is 0 Å². The van der Waals surface area contributed by atoms with Crippen molar-refractivity contribution in [3.05, 3.63) is 92.9 Å². The number of nitrogens with zero attached hydrogens (tertiary/aromatic N) is 5. The molecule has 0 spiro atoms. The number of carbonyl (C=O) groups is 1. The maximum absolute atomic E-state index is 15.2. The van der Waals surface area contributed by atoms with Crippen LogP contribution in [0.3, 0.4) is 0 Å². The topological polar surface area (TPSA) is 75.4 Å². The van der Waals surface area contributed by atoms with Crippen LogP contribution in [0.2, 0.25) is 0 Å². The Morgan fingerprint density at radius 3 is 2.50 bits per heavy atom. The maximum Gasteiger partial charge on any atom is 0.293 e. The number of hydrogen-bond donors (Lipinski definition) is 1. The lowest BCUT2D eigenvalue weighted by Gasteiger charge is -2.32. The molecular formula is C31H33F3N6O2. The molecule has 1 aromatic carbocycles. The fourth-order valence-electron chi connectivity index (χ4n) is 5.78. The number of nitrogens with one attached hydrogen (secondary N) is 1. The van der Waals surface area contributed by atoms with Crippen LogP contribution in [0.4, 0.5) is 18.9 Å². The summed E-state index contributed by atoms with van der Waals surface area (Å²) in [6, 6.07) is 6.39. The number of halogens is 3. The molecule has 0 saturated carbocycles. The van der Waals surface area contributed by atoms with Crippen LogP contribution in [0.15, 0.2) is 47.5 Å². The van der Waals surface area contributed by atoms with Gasteiger partial charge in [-0.25, -0.2) is 13.8 Å². The summed E-state index contributed by atoms with van der Waals surface area (Å²) >= 11 is 0. The van der Waals surface area contributed by atoms with Crippen LogP contribution in [0.5, 0.6) is 0 Å². The fourth-order valence-corrected chi connectivity index (χ4v) is 5.78. The molecule has 1 amide bonds. The van der Waals surface area contributed by atoms with E-state index in [0.29, 0.717) is 52.9 Å². The van der Waals surface area contributed by atoms with Crippen molar-refractivity contribution in [2.75, 3.05) is 39.5 Å². The fraction of sp³-hybridized carbons (Fsp3) is 0.323. The van der Waals surface area contributed by atoms with Crippen LogP contribution in [0, 0.1) is 24.4 Å². The Kier molecular flexibility index (Phi) is 7.72. The van der Waals surface area contributed by atoms with Crippen LogP contribution in [-0.2, 0) is 7.05 Å². The van der Waals surface area contributed by atoms with Crippen molar-refractivity contribution >= 4 is 28.2 Å². The van der Waals surface area contributed by atoms with Gasteiger partial charge in [-0.1, -0.05) is 6.08 Å². The first-order valence-electron chi connectivity index (χ1n) is 13.6. The Labute approximate surface area is 241 Å². The summed E-state index contributed by atoms with van der Waals surface area (Å²) in [5, 5.41) is 2.97. The Morgan fingerprint density at radius 1 is 1.14 bits per heavy atom. The van der Waals surface area contributed by atoms with Gasteiger partial charge in [0, 0.05) is 75.7 Å². The van der Waals surface area contributed by atoms with E-state index < -0.39 is 28.7 Å². The zero-order valence-electron chi connectivity index (χ0n) is 24.4. The number of anilines is 1. The van der Waals surface area contributed by atoms with E-state index in [9.17, 15) is 18.4 Å². The molecular weight excluding hydrogens is 545 g/mol. The van der Waals surface area contributed by atoms with Gasteiger partial charge in [0.1, 0.15) is 17.2 Å². The molecule has 1 aliphatic rings. The third-order valence-corrected chi connectivity index (χ3v) is 8.04. The van der Waals surface area contributed by atoms with Gasteiger partial charge in [-0.2, -0.15) is 4.39 Å². The van der Waals surface area contributed by atoms with Gasteiger partial charge in [-0.15, -0.1) is 0 Å². The number of rotatable bonds is 6. The second-order valence-electron chi connectivity index (χ2n) is 10.8. The molecule has 5 rings (SSSR count). The van der Waals surface area contributed by atoms with Crippen LogP contribution in [0.25, 0.3) is 22.3 Å². The highest BCUT2D eigenvalue weighted by atomic mass is 19.1. The van der Waals surface area contributed by atoms with E-state index in [-0.39, 0.29) is 11.9 Å². The highest BCUT2D eigenvalue weighted by Gasteiger charge is 2.26. The van der Waals surface area contributed by atoms with Gasteiger partial charge in [0.2, 0.25) is 5.82 Å². The Morgan fingerprint density at radius 2 is 1.88 bits per heavy atom. The number of fused-ring (bicyclic) bond motifs is 1. The van der Waals surface area contributed by atoms with Gasteiger partial charge in [0.05, 0.1) is 11.9 Å². The first-order chi connectivity index (χ1) is 19.9. The summed E-state index contributed by atoms with van der Waals surface area (Å²) in [6.07, 6.45) is 5.11. The summed E-state index contributed by atoms with van der Waals surface area (Å²) in [5.74, 6) is -2.74. The lowest BCUT2D eigenvalue weighted by atomic mass is 9.92. The molecule has 42 heavy (non-hydrogen) atoms. The van der Waals surface area contributed by atoms with Crippen LogP contribution < -0.4 is 10.9 Å². The Bertz CT molecular complexity index is 1780. The van der Waals surface area contributed by atoms with Crippen LogP contribution in [0.1, 0.15) is 46.6 Å². The Balaban J connectivity index is 1.45. The molecule has 220 valence electrons. The summed E-state index contributed by atoms with van der Waals surface area (Å²) in [6.45, 7) is 5.09. The van der Waals surface area contributed by atoms with Gasteiger partial charge < -0.3 is 14.8 Å². The van der Waals surface area contributed by atoms with Crippen molar-refractivity contribution in [1.29, 1.82) is 0 Å².